The van der Waals surface area contributed by atoms with Gasteiger partial charge in [0, 0.05) is 26.2 Å². The zero-order valence-electron chi connectivity index (χ0n) is 16.0. The maximum Gasteiger partial charge on any atom is 0.282 e. The molecule has 150 valence electrons. The monoisotopic (exact) mass is 411 g/mol. The van der Waals surface area contributed by atoms with Crippen LogP contribution in [-0.4, -0.2) is 66.5 Å². The lowest BCUT2D eigenvalue weighted by atomic mass is 10.3. The number of thiazole rings is 1. The summed E-state index contributed by atoms with van der Waals surface area (Å²) < 4.78 is 11.8. The Morgan fingerprint density at radius 3 is 2.34 bits per heavy atom. The van der Waals surface area contributed by atoms with E-state index in [-0.39, 0.29) is 18.4 Å². The molecule has 0 saturated carbocycles. The second kappa shape index (κ2) is 8.48. The molecule has 1 fully saturated rings. The molecule has 0 aliphatic carbocycles. The summed E-state index contributed by atoms with van der Waals surface area (Å²) in [4.78, 5) is 33.1. The number of hydrogen-bond donors (Lipinski definition) is 0. The highest BCUT2D eigenvalue weighted by Crippen LogP contribution is 2.26. The van der Waals surface area contributed by atoms with Crippen molar-refractivity contribution in [2.75, 3.05) is 39.9 Å². The third-order valence-electron chi connectivity index (χ3n) is 4.82. The minimum atomic E-state index is -0.108. The smallest absolute Gasteiger partial charge is 0.282 e. The van der Waals surface area contributed by atoms with Crippen molar-refractivity contribution in [3.8, 4) is 11.5 Å². The van der Waals surface area contributed by atoms with Gasteiger partial charge >= 0.3 is 0 Å². The van der Waals surface area contributed by atoms with Crippen LogP contribution in [0.1, 0.15) is 9.80 Å². The molecule has 7 nitrogen and oxygen atoms in total. The third-order valence-corrected chi connectivity index (χ3v) is 5.84. The highest BCUT2D eigenvalue weighted by atomic mass is 32.1. The molecular weight excluding hydrogens is 390 g/mol. The molecule has 0 atom stereocenters. The van der Waals surface area contributed by atoms with Crippen molar-refractivity contribution in [3.63, 3.8) is 0 Å². The van der Waals surface area contributed by atoms with E-state index in [1.807, 2.05) is 36.4 Å². The number of para-hydroxylation sites is 3. The molecule has 1 aromatic heterocycles. The van der Waals surface area contributed by atoms with Gasteiger partial charge in [0.05, 0.1) is 17.3 Å². The van der Waals surface area contributed by atoms with Crippen molar-refractivity contribution in [2.24, 2.45) is 0 Å². The van der Waals surface area contributed by atoms with Crippen LogP contribution in [0.2, 0.25) is 0 Å². The van der Waals surface area contributed by atoms with Crippen LogP contribution in [0, 0.1) is 0 Å². The Hall–Kier alpha value is -3.13. The summed E-state index contributed by atoms with van der Waals surface area (Å²) in [5.41, 5.74) is 0.836. The average molecular weight is 411 g/mol. The quantitative estimate of drug-likeness (QED) is 0.646. The first-order valence-electron chi connectivity index (χ1n) is 9.34. The van der Waals surface area contributed by atoms with E-state index in [1.54, 1.807) is 29.0 Å². The zero-order valence-corrected chi connectivity index (χ0v) is 16.9. The topological polar surface area (TPSA) is 72.0 Å². The number of hydrogen-bond acceptors (Lipinski definition) is 6. The van der Waals surface area contributed by atoms with Crippen LogP contribution in [0.25, 0.3) is 10.2 Å². The van der Waals surface area contributed by atoms with Crippen molar-refractivity contribution in [2.45, 2.75) is 0 Å². The number of rotatable bonds is 5. The van der Waals surface area contributed by atoms with Crippen molar-refractivity contribution < 1.29 is 19.1 Å². The van der Waals surface area contributed by atoms with Gasteiger partial charge in [-0.3, -0.25) is 9.59 Å². The highest BCUT2D eigenvalue weighted by Gasteiger charge is 2.26. The van der Waals surface area contributed by atoms with E-state index in [9.17, 15) is 9.59 Å². The summed E-state index contributed by atoms with van der Waals surface area (Å²) in [6, 6.07) is 14.9. The molecule has 29 heavy (non-hydrogen) atoms. The van der Waals surface area contributed by atoms with Gasteiger partial charge in [0.25, 0.3) is 11.8 Å². The average Bonchev–Trinajstić information content (AvgIpc) is 3.21. The van der Waals surface area contributed by atoms with Gasteiger partial charge in [0.15, 0.2) is 23.1 Å². The lowest BCUT2D eigenvalue weighted by Crippen LogP contribution is -2.51. The number of benzene rings is 2. The van der Waals surface area contributed by atoms with Gasteiger partial charge in [-0.1, -0.05) is 24.3 Å². The van der Waals surface area contributed by atoms with Gasteiger partial charge in [0.1, 0.15) is 0 Å². The predicted molar refractivity (Wildman–Crippen MR) is 111 cm³/mol. The van der Waals surface area contributed by atoms with Gasteiger partial charge in [-0.2, -0.15) is 0 Å². The molecule has 0 spiro atoms. The molecule has 0 unspecified atom stereocenters. The largest absolute Gasteiger partial charge is 0.493 e. The summed E-state index contributed by atoms with van der Waals surface area (Å²) in [6.45, 7) is 1.85. The van der Waals surface area contributed by atoms with Crippen molar-refractivity contribution in [1.29, 1.82) is 0 Å². The number of carbonyl (C=O) groups excluding carboxylic acids is 2. The van der Waals surface area contributed by atoms with Crippen LogP contribution >= 0.6 is 11.3 Å². The number of amides is 2. The summed E-state index contributed by atoms with van der Waals surface area (Å²) in [7, 11) is 1.56. The Kier molecular flexibility index (Phi) is 5.62. The standard InChI is InChI=1S/C21H21N3O4S/c1-27-16-7-3-4-8-17(16)28-14-19(25)23-10-12-24(13-11-23)21(26)20-22-15-6-2-5-9-18(15)29-20/h2-9H,10-14H2,1H3. The number of aromatic nitrogens is 1. The van der Waals surface area contributed by atoms with Gasteiger partial charge in [-0.05, 0) is 24.3 Å². The minimum Gasteiger partial charge on any atom is -0.493 e. The Morgan fingerprint density at radius 2 is 1.62 bits per heavy atom. The molecule has 1 aliphatic rings. The van der Waals surface area contributed by atoms with Crippen molar-refractivity contribution in [3.05, 3.63) is 53.5 Å². The van der Waals surface area contributed by atoms with Crippen LogP contribution in [-0.2, 0) is 4.79 Å². The Labute approximate surface area is 172 Å². The van der Waals surface area contributed by atoms with Crippen LogP contribution in [0.15, 0.2) is 48.5 Å². The number of nitrogens with zero attached hydrogens (tertiary/aromatic N) is 3. The Balaban J connectivity index is 1.31. The van der Waals surface area contributed by atoms with E-state index in [0.717, 1.165) is 10.2 Å². The first kappa shape index (κ1) is 19.2. The maximum atomic E-state index is 12.8. The fourth-order valence-corrected chi connectivity index (χ4v) is 4.16. The zero-order chi connectivity index (χ0) is 20.2. The summed E-state index contributed by atoms with van der Waals surface area (Å²) in [5, 5.41) is 0.491. The van der Waals surface area contributed by atoms with E-state index >= 15 is 0 Å². The van der Waals surface area contributed by atoms with E-state index in [4.69, 9.17) is 9.47 Å². The number of piperazine rings is 1. The van der Waals surface area contributed by atoms with Gasteiger partial charge in [-0.15, -0.1) is 11.3 Å². The van der Waals surface area contributed by atoms with Crippen LogP contribution < -0.4 is 9.47 Å². The SMILES string of the molecule is COc1ccccc1OCC(=O)N1CCN(C(=O)c2nc3ccccc3s2)CC1. The van der Waals surface area contributed by atoms with E-state index < -0.39 is 0 Å². The summed E-state index contributed by atoms with van der Waals surface area (Å²) in [6.07, 6.45) is 0. The number of ether oxygens (including phenoxy) is 2. The summed E-state index contributed by atoms with van der Waals surface area (Å²) in [5.74, 6) is 0.936. The predicted octanol–water partition coefficient (Wildman–Crippen LogP) is 2.67. The lowest BCUT2D eigenvalue weighted by Gasteiger charge is -2.34. The van der Waals surface area contributed by atoms with Crippen molar-refractivity contribution in [1.82, 2.24) is 14.8 Å². The maximum absolute atomic E-state index is 12.8. The van der Waals surface area contributed by atoms with Crippen molar-refractivity contribution >= 4 is 33.4 Å². The first-order chi connectivity index (χ1) is 14.2. The van der Waals surface area contributed by atoms with Crippen LogP contribution in [0.4, 0.5) is 0 Å². The molecule has 2 heterocycles. The van der Waals surface area contributed by atoms with Gasteiger partial charge in [-0.25, -0.2) is 4.98 Å². The third kappa shape index (κ3) is 4.17. The molecule has 4 rings (SSSR count). The lowest BCUT2D eigenvalue weighted by molar-refractivity contribution is -0.134. The van der Waals surface area contributed by atoms with E-state index in [1.165, 1.54) is 11.3 Å². The second-order valence-electron chi connectivity index (χ2n) is 6.60. The van der Waals surface area contributed by atoms with Crippen LogP contribution in [0.5, 0.6) is 11.5 Å². The molecule has 1 aliphatic heterocycles. The van der Waals surface area contributed by atoms with E-state index in [2.05, 4.69) is 4.98 Å². The minimum absolute atomic E-state index is 0.0633. The summed E-state index contributed by atoms with van der Waals surface area (Å²) >= 11 is 1.40. The number of fused-ring (bicyclic) bond motifs is 1. The molecule has 0 N–H and O–H groups in total. The molecule has 0 bridgehead atoms. The normalized spacial score (nSPS) is 14.1. The fourth-order valence-electron chi connectivity index (χ4n) is 3.23. The van der Waals surface area contributed by atoms with Gasteiger partial charge < -0.3 is 19.3 Å². The molecule has 8 heteroatoms. The molecule has 0 radical (unpaired) electrons. The molecular formula is C21H21N3O4S. The molecule has 2 amide bonds. The van der Waals surface area contributed by atoms with Crippen LogP contribution in [0.3, 0.4) is 0 Å². The second-order valence-corrected chi connectivity index (χ2v) is 7.63. The first-order valence-corrected chi connectivity index (χ1v) is 10.2. The molecule has 1 saturated heterocycles. The molecule has 3 aromatic rings. The van der Waals surface area contributed by atoms with Gasteiger partial charge in [0.2, 0.25) is 0 Å². The number of carbonyl (C=O) groups is 2. The Bertz CT molecular complexity index is 994. The van der Waals surface area contributed by atoms with E-state index in [0.29, 0.717) is 42.7 Å². The fraction of sp³-hybridized carbons (Fsp3) is 0.286. The Morgan fingerprint density at radius 1 is 0.966 bits per heavy atom. The highest BCUT2D eigenvalue weighted by molar-refractivity contribution is 7.20. The molecule has 2 aromatic carbocycles. The number of methoxy groups -OCH3 is 1.